The molecular weight excluding hydrogens is 251 g/mol. The van der Waals surface area contributed by atoms with Crippen LogP contribution in [0.5, 0.6) is 5.75 Å². The minimum atomic E-state index is -1.63. The molecule has 90 valence electrons. The molecule has 0 fully saturated rings. The molecule has 0 bridgehead atoms. The van der Waals surface area contributed by atoms with Gasteiger partial charge in [0.15, 0.2) is 17.5 Å². The number of halogens is 3. The van der Waals surface area contributed by atoms with E-state index in [4.69, 9.17) is 5.73 Å². The highest BCUT2D eigenvalue weighted by atomic mass is 32.1. The summed E-state index contributed by atoms with van der Waals surface area (Å²) in [6.45, 7) is 0. The number of phenolic OH excluding ortho intramolecular Hbond substituents is 1. The second-order valence-electron chi connectivity index (χ2n) is 3.41. The Morgan fingerprint density at radius 2 is 1.94 bits per heavy atom. The van der Waals surface area contributed by atoms with Crippen LogP contribution in [0.25, 0.3) is 0 Å². The van der Waals surface area contributed by atoms with Gasteiger partial charge in [-0.05, 0) is 11.4 Å². The van der Waals surface area contributed by atoms with Crippen molar-refractivity contribution in [3.63, 3.8) is 0 Å². The lowest BCUT2D eigenvalue weighted by atomic mass is 10.0. The van der Waals surface area contributed by atoms with E-state index >= 15 is 0 Å². The second kappa shape index (κ2) is 4.38. The van der Waals surface area contributed by atoms with Crippen molar-refractivity contribution in [3.8, 4) is 5.75 Å². The lowest BCUT2D eigenvalue weighted by Gasteiger charge is -2.13. The minimum Gasteiger partial charge on any atom is -0.507 e. The summed E-state index contributed by atoms with van der Waals surface area (Å²) < 4.78 is 39.4. The monoisotopic (exact) mass is 259 g/mol. The van der Waals surface area contributed by atoms with Crippen LogP contribution in [-0.4, -0.2) is 5.11 Å². The zero-order valence-electron chi connectivity index (χ0n) is 8.45. The topological polar surface area (TPSA) is 46.2 Å². The molecule has 0 aliphatic heterocycles. The van der Waals surface area contributed by atoms with Gasteiger partial charge in [0.05, 0.1) is 11.6 Å². The summed E-state index contributed by atoms with van der Waals surface area (Å²) >= 11 is 1.23. The van der Waals surface area contributed by atoms with Crippen LogP contribution in [0.2, 0.25) is 0 Å². The lowest BCUT2D eigenvalue weighted by Crippen LogP contribution is -2.14. The Bertz CT molecular complexity index is 542. The third-order valence-electron chi connectivity index (χ3n) is 2.34. The van der Waals surface area contributed by atoms with Gasteiger partial charge in [-0.15, -0.1) is 11.3 Å². The summed E-state index contributed by atoms with van der Waals surface area (Å²) in [6, 6.07) is 2.80. The van der Waals surface area contributed by atoms with Crippen LogP contribution >= 0.6 is 11.3 Å². The average Bonchev–Trinajstić information content (AvgIpc) is 2.79. The second-order valence-corrected chi connectivity index (χ2v) is 4.39. The fraction of sp³-hybridized carbons (Fsp3) is 0.0909. The summed E-state index contributed by atoms with van der Waals surface area (Å²) in [5, 5.41) is 11.2. The van der Waals surface area contributed by atoms with Gasteiger partial charge < -0.3 is 10.8 Å². The van der Waals surface area contributed by atoms with Gasteiger partial charge in [-0.3, -0.25) is 0 Å². The molecule has 1 heterocycles. The van der Waals surface area contributed by atoms with E-state index < -0.39 is 34.8 Å². The van der Waals surface area contributed by atoms with Gasteiger partial charge >= 0.3 is 0 Å². The summed E-state index contributed by atoms with van der Waals surface area (Å²) in [5.74, 6) is -5.22. The Morgan fingerprint density at radius 1 is 1.24 bits per heavy atom. The maximum atomic E-state index is 13.5. The molecule has 0 unspecified atom stereocenters. The molecule has 2 rings (SSSR count). The number of hydrogen-bond donors (Lipinski definition) is 2. The molecule has 2 aromatic rings. The summed E-state index contributed by atoms with van der Waals surface area (Å²) in [7, 11) is 0. The van der Waals surface area contributed by atoms with Crippen molar-refractivity contribution < 1.29 is 18.3 Å². The first-order chi connectivity index (χ1) is 8.02. The van der Waals surface area contributed by atoms with Crippen molar-refractivity contribution in [2.45, 2.75) is 6.04 Å². The highest BCUT2D eigenvalue weighted by Gasteiger charge is 2.24. The van der Waals surface area contributed by atoms with Crippen molar-refractivity contribution in [2.75, 3.05) is 0 Å². The van der Waals surface area contributed by atoms with Gasteiger partial charge in [0.25, 0.3) is 0 Å². The zero-order chi connectivity index (χ0) is 12.6. The molecule has 6 heteroatoms. The van der Waals surface area contributed by atoms with E-state index in [1.807, 2.05) is 0 Å². The van der Waals surface area contributed by atoms with Gasteiger partial charge in [-0.25, -0.2) is 13.2 Å². The normalized spacial score (nSPS) is 12.7. The largest absolute Gasteiger partial charge is 0.507 e. The standard InChI is InChI=1S/C11H8F3NOS/c12-5-4-6(16)8(10(14)9(5)13)11(15)7-2-1-3-17-7/h1-4,11,16H,15H2/t11-/m1/s1. The Hall–Kier alpha value is -1.53. The van der Waals surface area contributed by atoms with Crippen LogP contribution in [0.15, 0.2) is 23.6 Å². The zero-order valence-corrected chi connectivity index (χ0v) is 9.27. The third-order valence-corrected chi connectivity index (χ3v) is 3.29. The lowest BCUT2D eigenvalue weighted by molar-refractivity contribution is 0.405. The third kappa shape index (κ3) is 2.01. The summed E-state index contributed by atoms with van der Waals surface area (Å²) in [5.41, 5.74) is 5.26. The molecule has 3 N–H and O–H groups in total. The molecule has 0 saturated carbocycles. The molecule has 1 aromatic carbocycles. The Morgan fingerprint density at radius 3 is 2.53 bits per heavy atom. The van der Waals surface area contributed by atoms with E-state index in [9.17, 15) is 18.3 Å². The molecule has 0 spiro atoms. The number of thiophene rings is 1. The molecule has 1 aromatic heterocycles. The van der Waals surface area contributed by atoms with Crippen LogP contribution < -0.4 is 5.73 Å². The molecule has 0 radical (unpaired) electrons. The molecule has 2 nitrogen and oxygen atoms in total. The minimum absolute atomic E-state index is 0.439. The maximum absolute atomic E-state index is 13.5. The fourth-order valence-corrected chi connectivity index (χ4v) is 2.24. The van der Waals surface area contributed by atoms with Gasteiger partial charge in [0.2, 0.25) is 0 Å². The predicted octanol–water partition coefficient (Wildman–Crippen LogP) is 2.92. The first kappa shape index (κ1) is 11.9. The van der Waals surface area contributed by atoms with E-state index in [-0.39, 0.29) is 0 Å². The van der Waals surface area contributed by atoms with E-state index in [0.29, 0.717) is 10.9 Å². The van der Waals surface area contributed by atoms with Crippen LogP contribution in [0.3, 0.4) is 0 Å². The van der Waals surface area contributed by atoms with Crippen LogP contribution in [0, 0.1) is 17.5 Å². The summed E-state index contributed by atoms with van der Waals surface area (Å²) in [4.78, 5) is 0.546. The van der Waals surface area contributed by atoms with E-state index in [1.54, 1.807) is 17.5 Å². The van der Waals surface area contributed by atoms with Crippen LogP contribution in [0.1, 0.15) is 16.5 Å². The van der Waals surface area contributed by atoms with Gasteiger partial charge in [0, 0.05) is 10.9 Å². The number of nitrogens with two attached hydrogens (primary N) is 1. The quantitative estimate of drug-likeness (QED) is 0.814. The van der Waals surface area contributed by atoms with E-state index in [2.05, 4.69) is 0 Å². The van der Waals surface area contributed by atoms with Gasteiger partial charge in [-0.2, -0.15) is 0 Å². The van der Waals surface area contributed by atoms with Gasteiger partial charge in [-0.1, -0.05) is 6.07 Å². The molecule has 17 heavy (non-hydrogen) atoms. The van der Waals surface area contributed by atoms with Gasteiger partial charge in [0.1, 0.15) is 5.75 Å². The first-order valence-corrected chi connectivity index (χ1v) is 5.55. The van der Waals surface area contributed by atoms with Crippen molar-refractivity contribution in [2.24, 2.45) is 5.73 Å². The highest BCUT2D eigenvalue weighted by Crippen LogP contribution is 2.34. The van der Waals surface area contributed by atoms with Crippen molar-refractivity contribution in [3.05, 3.63) is 51.5 Å². The number of benzene rings is 1. The molecular formula is C11H8F3NOS. The predicted molar refractivity (Wildman–Crippen MR) is 58.3 cm³/mol. The fourth-order valence-electron chi connectivity index (χ4n) is 1.50. The number of aromatic hydroxyl groups is 1. The van der Waals surface area contributed by atoms with E-state index in [1.165, 1.54) is 11.3 Å². The average molecular weight is 259 g/mol. The maximum Gasteiger partial charge on any atom is 0.195 e. The SMILES string of the molecule is N[C@H](c1cccs1)c1c(O)cc(F)c(F)c1F. The number of hydrogen-bond acceptors (Lipinski definition) is 3. The van der Waals surface area contributed by atoms with Crippen molar-refractivity contribution >= 4 is 11.3 Å². The highest BCUT2D eigenvalue weighted by molar-refractivity contribution is 7.10. The Balaban J connectivity index is 2.56. The summed E-state index contributed by atoms with van der Waals surface area (Å²) in [6.07, 6.45) is 0. The van der Waals surface area contributed by atoms with Crippen molar-refractivity contribution in [1.29, 1.82) is 0 Å². The molecule has 0 aliphatic rings. The van der Waals surface area contributed by atoms with Crippen molar-refractivity contribution in [1.82, 2.24) is 0 Å². The van der Waals surface area contributed by atoms with E-state index in [0.717, 1.165) is 0 Å². The number of phenols is 1. The molecule has 0 saturated heterocycles. The van der Waals surface area contributed by atoms with Crippen LogP contribution in [-0.2, 0) is 0 Å². The number of rotatable bonds is 2. The molecule has 0 aliphatic carbocycles. The smallest absolute Gasteiger partial charge is 0.195 e. The Labute approximate surface area is 99.1 Å². The first-order valence-electron chi connectivity index (χ1n) is 4.67. The molecule has 0 amide bonds. The molecule has 1 atom stereocenters. The van der Waals surface area contributed by atoms with Crippen LogP contribution in [0.4, 0.5) is 13.2 Å². The Kier molecular flexibility index (Phi) is 3.08.